The molecule has 0 saturated heterocycles. The zero-order valence-electron chi connectivity index (χ0n) is 17.9. The summed E-state index contributed by atoms with van der Waals surface area (Å²) in [6.07, 6.45) is 0.828. The summed E-state index contributed by atoms with van der Waals surface area (Å²) in [6, 6.07) is 13.6. The number of hydrogen-bond acceptors (Lipinski definition) is 5. The van der Waals surface area contributed by atoms with Gasteiger partial charge in [0.05, 0.1) is 33.4 Å². The Morgan fingerprint density at radius 3 is 2.60 bits per heavy atom. The molecule has 1 aliphatic heterocycles. The molecule has 1 atom stereocenters. The standard InChI is InChI=1S/C23H31N3O4/c1-4-24-23(25-15-17(2)30-21-9-6-5-8-19(21)27-3)26-16-18-10-11-20-22(14-18)29-13-7-12-28-20/h5-6,8-11,14,17H,4,7,12-13,15-16H2,1-3H3,(H2,24,25,26). The lowest BCUT2D eigenvalue weighted by Gasteiger charge is -2.19. The molecule has 1 heterocycles. The van der Waals surface area contributed by atoms with Crippen LogP contribution in [0.4, 0.5) is 0 Å². The Morgan fingerprint density at radius 1 is 1.07 bits per heavy atom. The Hall–Kier alpha value is -3.09. The molecule has 0 aliphatic carbocycles. The smallest absolute Gasteiger partial charge is 0.191 e. The number of hydrogen-bond donors (Lipinski definition) is 2. The fourth-order valence-electron chi connectivity index (χ4n) is 3.03. The molecule has 2 N–H and O–H groups in total. The van der Waals surface area contributed by atoms with Crippen molar-refractivity contribution >= 4 is 5.96 Å². The van der Waals surface area contributed by atoms with Crippen molar-refractivity contribution in [2.75, 3.05) is 33.4 Å². The minimum absolute atomic E-state index is 0.0665. The van der Waals surface area contributed by atoms with Gasteiger partial charge in [0.2, 0.25) is 0 Å². The quantitative estimate of drug-likeness (QED) is 0.511. The van der Waals surface area contributed by atoms with E-state index in [0.29, 0.717) is 26.3 Å². The van der Waals surface area contributed by atoms with Crippen LogP contribution in [-0.4, -0.2) is 45.5 Å². The van der Waals surface area contributed by atoms with Crippen molar-refractivity contribution in [3.05, 3.63) is 48.0 Å². The molecule has 2 aromatic carbocycles. The molecule has 7 nitrogen and oxygen atoms in total. The number of benzene rings is 2. The zero-order chi connectivity index (χ0) is 21.2. The van der Waals surface area contributed by atoms with Crippen LogP contribution in [0, 0.1) is 0 Å². The lowest BCUT2D eigenvalue weighted by Crippen LogP contribution is -2.41. The van der Waals surface area contributed by atoms with Crippen LogP contribution in [0.1, 0.15) is 25.8 Å². The van der Waals surface area contributed by atoms with Gasteiger partial charge in [-0.25, -0.2) is 4.99 Å². The van der Waals surface area contributed by atoms with E-state index in [1.54, 1.807) is 7.11 Å². The van der Waals surface area contributed by atoms with Gasteiger partial charge in [-0.05, 0) is 43.7 Å². The van der Waals surface area contributed by atoms with E-state index in [1.165, 1.54) is 0 Å². The maximum atomic E-state index is 6.00. The monoisotopic (exact) mass is 413 g/mol. The summed E-state index contributed by atoms with van der Waals surface area (Å²) in [5.74, 6) is 3.77. The van der Waals surface area contributed by atoms with E-state index < -0.39 is 0 Å². The van der Waals surface area contributed by atoms with Crippen molar-refractivity contribution in [2.45, 2.75) is 32.9 Å². The first-order valence-corrected chi connectivity index (χ1v) is 10.4. The number of rotatable bonds is 8. The van der Waals surface area contributed by atoms with E-state index in [0.717, 1.165) is 47.5 Å². The summed E-state index contributed by atoms with van der Waals surface area (Å²) in [5.41, 5.74) is 1.06. The summed E-state index contributed by atoms with van der Waals surface area (Å²) < 4.78 is 22.8. The second-order valence-electron chi connectivity index (χ2n) is 6.99. The van der Waals surface area contributed by atoms with E-state index in [4.69, 9.17) is 18.9 Å². The first-order valence-electron chi connectivity index (χ1n) is 10.4. The van der Waals surface area contributed by atoms with Crippen LogP contribution in [0.15, 0.2) is 47.5 Å². The number of fused-ring (bicyclic) bond motifs is 1. The Morgan fingerprint density at radius 2 is 1.83 bits per heavy atom. The normalized spacial score (nSPS) is 14.4. The lowest BCUT2D eigenvalue weighted by molar-refractivity contribution is 0.213. The SMILES string of the molecule is CCNC(=NCc1ccc2c(c1)OCCCO2)NCC(C)Oc1ccccc1OC. The summed E-state index contributed by atoms with van der Waals surface area (Å²) >= 11 is 0. The third-order valence-electron chi connectivity index (χ3n) is 4.53. The van der Waals surface area contributed by atoms with Crippen LogP contribution in [0.3, 0.4) is 0 Å². The fraction of sp³-hybridized carbons (Fsp3) is 0.435. The second kappa shape index (κ2) is 11.2. The van der Waals surface area contributed by atoms with Gasteiger partial charge < -0.3 is 29.6 Å². The molecule has 2 aromatic rings. The zero-order valence-corrected chi connectivity index (χ0v) is 17.9. The maximum absolute atomic E-state index is 6.00. The minimum atomic E-state index is -0.0665. The lowest BCUT2D eigenvalue weighted by atomic mass is 10.2. The van der Waals surface area contributed by atoms with Crippen molar-refractivity contribution < 1.29 is 18.9 Å². The molecule has 0 radical (unpaired) electrons. The second-order valence-corrected chi connectivity index (χ2v) is 6.99. The van der Waals surface area contributed by atoms with Gasteiger partial charge in [-0.15, -0.1) is 0 Å². The Labute approximate surface area is 178 Å². The van der Waals surface area contributed by atoms with Gasteiger partial charge in [0.1, 0.15) is 6.10 Å². The Kier molecular flexibility index (Phi) is 8.06. The van der Waals surface area contributed by atoms with Gasteiger partial charge in [0.15, 0.2) is 29.0 Å². The van der Waals surface area contributed by atoms with Crippen molar-refractivity contribution in [3.63, 3.8) is 0 Å². The highest BCUT2D eigenvalue weighted by molar-refractivity contribution is 5.79. The van der Waals surface area contributed by atoms with E-state index in [2.05, 4.69) is 15.6 Å². The molecule has 1 aliphatic rings. The molecule has 1 unspecified atom stereocenters. The van der Waals surface area contributed by atoms with E-state index in [9.17, 15) is 0 Å². The van der Waals surface area contributed by atoms with E-state index in [1.807, 2.05) is 56.3 Å². The summed E-state index contributed by atoms with van der Waals surface area (Å²) in [7, 11) is 1.64. The first kappa shape index (κ1) is 21.6. The molecular formula is C23H31N3O4. The van der Waals surface area contributed by atoms with Gasteiger partial charge in [-0.3, -0.25) is 0 Å². The van der Waals surface area contributed by atoms with Crippen LogP contribution < -0.4 is 29.6 Å². The van der Waals surface area contributed by atoms with Gasteiger partial charge in [-0.2, -0.15) is 0 Å². The number of methoxy groups -OCH3 is 1. The van der Waals surface area contributed by atoms with Crippen LogP contribution in [0.5, 0.6) is 23.0 Å². The van der Waals surface area contributed by atoms with Crippen LogP contribution >= 0.6 is 0 Å². The highest BCUT2D eigenvalue weighted by atomic mass is 16.5. The van der Waals surface area contributed by atoms with Crippen molar-refractivity contribution in [1.29, 1.82) is 0 Å². The fourth-order valence-corrected chi connectivity index (χ4v) is 3.03. The first-order chi connectivity index (χ1) is 14.7. The molecule has 0 aromatic heterocycles. The van der Waals surface area contributed by atoms with Crippen molar-refractivity contribution in [2.24, 2.45) is 4.99 Å². The van der Waals surface area contributed by atoms with E-state index in [-0.39, 0.29) is 6.10 Å². The number of para-hydroxylation sites is 2. The van der Waals surface area contributed by atoms with Gasteiger partial charge >= 0.3 is 0 Å². The molecule has 0 amide bonds. The topological polar surface area (TPSA) is 73.3 Å². The molecule has 3 rings (SSSR count). The highest BCUT2D eigenvalue weighted by Crippen LogP contribution is 2.30. The number of nitrogens with zero attached hydrogens (tertiary/aromatic N) is 1. The minimum Gasteiger partial charge on any atom is -0.493 e. The molecule has 162 valence electrons. The summed E-state index contributed by atoms with van der Waals surface area (Å²) in [5, 5.41) is 6.61. The van der Waals surface area contributed by atoms with Gasteiger partial charge in [0.25, 0.3) is 0 Å². The maximum Gasteiger partial charge on any atom is 0.191 e. The number of aliphatic imine (C=N–C) groups is 1. The molecule has 7 heteroatoms. The Bertz CT molecular complexity index is 841. The van der Waals surface area contributed by atoms with Crippen molar-refractivity contribution in [1.82, 2.24) is 10.6 Å². The van der Waals surface area contributed by atoms with Crippen LogP contribution in [-0.2, 0) is 6.54 Å². The van der Waals surface area contributed by atoms with Gasteiger partial charge in [-0.1, -0.05) is 18.2 Å². The summed E-state index contributed by atoms with van der Waals surface area (Å²) in [4.78, 5) is 4.69. The average molecular weight is 414 g/mol. The largest absolute Gasteiger partial charge is 0.493 e. The van der Waals surface area contributed by atoms with E-state index >= 15 is 0 Å². The predicted octanol–water partition coefficient (Wildman–Crippen LogP) is 3.38. The molecule has 0 saturated carbocycles. The van der Waals surface area contributed by atoms with Crippen LogP contribution in [0.25, 0.3) is 0 Å². The van der Waals surface area contributed by atoms with Crippen molar-refractivity contribution in [3.8, 4) is 23.0 Å². The highest BCUT2D eigenvalue weighted by Gasteiger charge is 2.11. The number of ether oxygens (including phenoxy) is 4. The van der Waals surface area contributed by atoms with Gasteiger partial charge in [0, 0.05) is 13.0 Å². The molecule has 30 heavy (non-hydrogen) atoms. The average Bonchev–Trinajstić information content (AvgIpc) is 3.01. The molecule has 0 bridgehead atoms. The third kappa shape index (κ3) is 6.20. The molecule has 0 spiro atoms. The summed E-state index contributed by atoms with van der Waals surface area (Å²) in [6.45, 7) is 7.32. The van der Waals surface area contributed by atoms with Crippen LogP contribution in [0.2, 0.25) is 0 Å². The molecule has 0 fully saturated rings. The predicted molar refractivity (Wildman–Crippen MR) is 118 cm³/mol. The number of nitrogens with one attached hydrogen (secondary N) is 2. The third-order valence-corrected chi connectivity index (χ3v) is 4.53. The molecular weight excluding hydrogens is 382 g/mol. The number of guanidine groups is 1. The Balaban J connectivity index is 1.57.